The van der Waals surface area contributed by atoms with Gasteiger partial charge in [-0.2, -0.15) is 5.06 Å². The van der Waals surface area contributed by atoms with Crippen LogP contribution in [0.15, 0.2) is 72.8 Å². The molecule has 3 aromatic carbocycles. The van der Waals surface area contributed by atoms with E-state index in [0.29, 0.717) is 11.3 Å². The summed E-state index contributed by atoms with van der Waals surface area (Å²) in [5.41, 5.74) is 0.185. The Morgan fingerprint density at radius 1 is 0.839 bits per heavy atom. The molecule has 4 nitrogen and oxygen atoms in total. The molecule has 4 rings (SSSR count). The summed E-state index contributed by atoms with van der Waals surface area (Å²) in [6, 6.07) is 23.1. The number of fused-ring (bicyclic) bond motifs is 1. The molecule has 0 spiro atoms. The van der Waals surface area contributed by atoms with Crippen molar-refractivity contribution in [3.05, 3.63) is 78.4 Å². The molecule has 1 aliphatic heterocycles. The van der Waals surface area contributed by atoms with Gasteiger partial charge in [-0.15, -0.1) is 0 Å². The maximum absolute atomic E-state index is 13.8. The highest BCUT2D eigenvalue weighted by molar-refractivity contribution is 6.09. The zero-order valence-electron chi connectivity index (χ0n) is 18.8. The van der Waals surface area contributed by atoms with Crippen LogP contribution < -0.4 is 4.74 Å². The maximum Gasteiger partial charge on any atom is 0.281 e. The predicted octanol–water partition coefficient (Wildman–Crippen LogP) is 6.40. The third kappa shape index (κ3) is 4.51. The highest BCUT2D eigenvalue weighted by Crippen LogP contribution is 2.39. The highest BCUT2D eigenvalue weighted by Gasteiger charge is 2.45. The molecule has 1 heterocycles. The van der Waals surface area contributed by atoms with Gasteiger partial charge in [0.05, 0.1) is 0 Å². The van der Waals surface area contributed by atoms with Crippen molar-refractivity contribution in [2.24, 2.45) is 0 Å². The van der Waals surface area contributed by atoms with Gasteiger partial charge in [-0.1, -0.05) is 60.7 Å². The minimum Gasteiger partial charge on any atom is -0.455 e. The SMILES string of the molecule is CC1(C)CCCC(C)(C)N1OC(Oc1ccccc1)C(=O)c1cccc2ccccc12. The van der Waals surface area contributed by atoms with Crippen molar-refractivity contribution in [1.29, 1.82) is 0 Å². The summed E-state index contributed by atoms with van der Waals surface area (Å²) in [7, 11) is 0. The molecule has 1 unspecified atom stereocenters. The van der Waals surface area contributed by atoms with E-state index in [-0.39, 0.29) is 16.9 Å². The smallest absolute Gasteiger partial charge is 0.281 e. The average molecular weight is 418 g/mol. The van der Waals surface area contributed by atoms with Crippen LogP contribution in [0.3, 0.4) is 0 Å². The molecule has 1 fully saturated rings. The van der Waals surface area contributed by atoms with E-state index in [9.17, 15) is 4.79 Å². The van der Waals surface area contributed by atoms with Gasteiger partial charge in [0.2, 0.25) is 5.78 Å². The number of rotatable bonds is 6. The molecule has 0 saturated carbocycles. The van der Waals surface area contributed by atoms with Crippen LogP contribution in [0.4, 0.5) is 0 Å². The summed E-state index contributed by atoms with van der Waals surface area (Å²) in [6.45, 7) is 8.65. The number of benzene rings is 3. The molecule has 0 bridgehead atoms. The lowest BCUT2D eigenvalue weighted by Crippen LogP contribution is -2.60. The summed E-state index contributed by atoms with van der Waals surface area (Å²) in [5, 5.41) is 3.91. The van der Waals surface area contributed by atoms with Gasteiger partial charge < -0.3 is 4.74 Å². The number of hydroxylamine groups is 2. The monoisotopic (exact) mass is 417 g/mol. The van der Waals surface area contributed by atoms with Crippen molar-refractivity contribution < 1.29 is 14.4 Å². The number of ketones is 1. The number of hydrogen-bond acceptors (Lipinski definition) is 4. The number of para-hydroxylation sites is 1. The second kappa shape index (κ2) is 8.45. The minimum atomic E-state index is -1.08. The van der Waals surface area contributed by atoms with Gasteiger partial charge in [0, 0.05) is 16.6 Å². The van der Waals surface area contributed by atoms with Gasteiger partial charge in [-0.25, -0.2) is 4.84 Å². The third-order valence-electron chi connectivity index (χ3n) is 6.13. The number of carbonyl (C=O) groups excluding carboxylic acids is 1. The molecular weight excluding hydrogens is 386 g/mol. The summed E-state index contributed by atoms with van der Waals surface area (Å²) in [4.78, 5) is 20.2. The fourth-order valence-electron chi connectivity index (χ4n) is 4.67. The second-order valence-corrected chi connectivity index (χ2v) is 9.53. The molecular formula is C27H31NO3. The lowest BCUT2D eigenvalue weighted by molar-refractivity contribution is -0.323. The number of ether oxygens (including phenoxy) is 1. The lowest BCUT2D eigenvalue weighted by Gasteiger charge is -2.51. The van der Waals surface area contributed by atoms with Crippen LogP contribution in [0.2, 0.25) is 0 Å². The van der Waals surface area contributed by atoms with Gasteiger partial charge in [-0.05, 0) is 69.9 Å². The van der Waals surface area contributed by atoms with E-state index in [0.717, 1.165) is 30.0 Å². The Morgan fingerprint density at radius 3 is 2.16 bits per heavy atom. The molecule has 3 aromatic rings. The molecule has 1 saturated heterocycles. The first-order valence-electron chi connectivity index (χ1n) is 11.0. The maximum atomic E-state index is 13.8. The van der Waals surface area contributed by atoms with E-state index in [1.165, 1.54) is 0 Å². The molecule has 0 radical (unpaired) electrons. The first-order valence-corrected chi connectivity index (χ1v) is 11.0. The first kappa shape index (κ1) is 21.5. The summed E-state index contributed by atoms with van der Waals surface area (Å²) in [6.07, 6.45) is 2.04. The third-order valence-corrected chi connectivity index (χ3v) is 6.13. The molecule has 0 N–H and O–H groups in total. The number of Topliss-reactive ketones (excluding diaryl/α,β-unsaturated/α-hetero) is 1. The molecule has 0 aromatic heterocycles. The summed E-state index contributed by atoms with van der Waals surface area (Å²) in [5.74, 6) is 0.423. The Balaban J connectivity index is 1.73. The van der Waals surface area contributed by atoms with Crippen LogP contribution in [0.25, 0.3) is 10.8 Å². The Hall–Kier alpha value is -2.69. The summed E-state index contributed by atoms with van der Waals surface area (Å²) < 4.78 is 6.16. The zero-order valence-corrected chi connectivity index (χ0v) is 18.8. The van der Waals surface area contributed by atoms with Gasteiger partial charge in [-0.3, -0.25) is 4.79 Å². The molecule has 0 aliphatic carbocycles. The largest absolute Gasteiger partial charge is 0.455 e. The normalized spacial score (nSPS) is 19.1. The van der Waals surface area contributed by atoms with E-state index >= 15 is 0 Å². The molecule has 0 amide bonds. The van der Waals surface area contributed by atoms with E-state index in [1.807, 2.05) is 77.9 Å². The fraction of sp³-hybridized carbons (Fsp3) is 0.370. The standard InChI is InChI=1S/C27H31NO3/c1-26(2)18-11-19-27(3,4)28(26)31-25(30-21-14-6-5-7-15-21)24(29)23-17-10-13-20-12-8-9-16-22(20)23/h5-10,12-17,25H,11,18-19H2,1-4H3. The van der Waals surface area contributed by atoms with E-state index in [2.05, 4.69) is 27.7 Å². The van der Waals surface area contributed by atoms with E-state index < -0.39 is 6.29 Å². The van der Waals surface area contributed by atoms with Crippen molar-refractivity contribution in [1.82, 2.24) is 5.06 Å². The van der Waals surface area contributed by atoms with Crippen molar-refractivity contribution in [3.8, 4) is 5.75 Å². The van der Waals surface area contributed by atoms with Crippen LogP contribution in [-0.2, 0) is 4.84 Å². The Kier molecular flexibility index (Phi) is 5.87. The molecule has 162 valence electrons. The van der Waals surface area contributed by atoms with Crippen LogP contribution in [-0.4, -0.2) is 28.2 Å². The number of piperidine rings is 1. The zero-order chi connectivity index (χ0) is 22.1. The predicted molar refractivity (Wildman–Crippen MR) is 124 cm³/mol. The Morgan fingerprint density at radius 2 is 1.45 bits per heavy atom. The second-order valence-electron chi connectivity index (χ2n) is 9.53. The van der Waals surface area contributed by atoms with Crippen molar-refractivity contribution >= 4 is 16.6 Å². The van der Waals surface area contributed by atoms with Gasteiger partial charge in [0.15, 0.2) is 0 Å². The van der Waals surface area contributed by atoms with E-state index in [4.69, 9.17) is 9.57 Å². The van der Waals surface area contributed by atoms with Gasteiger partial charge in [0.25, 0.3) is 6.29 Å². The average Bonchev–Trinajstić information content (AvgIpc) is 2.75. The number of nitrogens with zero attached hydrogens (tertiary/aromatic N) is 1. The van der Waals surface area contributed by atoms with Gasteiger partial charge >= 0.3 is 0 Å². The first-order chi connectivity index (χ1) is 14.8. The van der Waals surface area contributed by atoms with Crippen LogP contribution in [0.1, 0.15) is 57.3 Å². The summed E-state index contributed by atoms with van der Waals surface area (Å²) >= 11 is 0. The van der Waals surface area contributed by atoms with E-state index in [1.54, 1.807) is 0 Å². The molecule has 1 atom stereocenters. The van der Waals surface area contributed by atoms with Crippen molar-refractivity contribution in [3.63, 3.8) is 0 Å². The van der Waals surface area contributed by atoms with Crippen LogP contribution in [0, 0.1) is 0 Å². The molecule has 31 heavy (non-hydrogen) atoms. The lowest BCUT2D eigenvalue weighted by atomic mass is 9.82. The molecule has 4 heteroatoms. The van der Waals surface area contributed by atoms with Crippen molar-refractivity contribution in [2.45, 2.75) is 64.3 Å². The quantitative estimate of drug-likeness (QED) is 0.343. The number of carbonyl (C=O) groups is 1. The van der Waals surface area contributed by atoms with Crippen molar-refractivity contribution in [2.75, 3.05) is 0 Å². The number of hydrogen-bond donors (Lipinski definition) is 0. The topological polar surface area (TPSA) is 38.8 Å². The highest BCUT2D eigenvalue weighted by atomic mass is 16.8. The fourth-order valence-corrected chi connectivity index (χ4v) is 4.67. The minimum absolute atomic E-state index is 0.183. The van der Waals surface area contributed by atoms with Gasteiger partial charge in [0.1, 0.15) is 5.75 Å². The van der Waals surface area contributed by atoms with Crippen LogP contribution >= 0.6 is 0 Å². The van der Waals surface area contributed by atoms with Crippen LogP contribution in [0.5, 0.6) is 5.75 Å². The molecule has 1 aliphatic rings. The Labute approximate surface area is 184 Å². The Bertz CT molecular complexity index is 1040.